The van der Waals surface area contributed by atoms with E-state index in [9.17, 15) is 19.5 Å². The quantitative estimate of drug-likeness (QED) is 0.269. The van der Waals surface area contributed by atoms with Crippen LogP contribution in [-0.2, 0) is 39.4 Å². The molecule has 3 aromatic rings. The van der Waals surface area contributed by atoms with Crippen molar-refractivity contribution in [3.05, 3.63) is 77.6 Å². The third kappa shape index (κ3) is 6.76. The lowest BCUT2D eigenvalue weighted by atomic mass is 9.90. The number of aromatic nitrogens is 4. The molecule has 0 radical (unpaired) electrons. The molecule has 2 atom stereocenters. The normalized spacial score (nSPS) is 18.3. The van der Waals surface area contributed by atoms with E-state index < -0.39 is 30.1 Å². The Morgan fingerprint density at radius 2 is 1.88 bits per heavy atom. The number of carboxylic acid groups (broad SMARTS) is 1. The minimum atomic E-state index is -2.01. The monoisotopic (exact) mass is 575 g/mol. The molecule has 1 aromatic carbocycles. The van der Waals surface area contributed by atoms with E-state index in [-0.39, 0.29) is 18.1 Å². The van der Waals surface area contributed by atoms with Crippen LogP contribution in [0.25, 0.3) is 0 Å². The predicted octanol–water partition coefficient (Wildman–Crippen LogP) is 2.51. The number of fused-ring (bicyclic) bond motifs is 1. The first-order valence-corrected chi connectivity index (χ1v) is 14.5. The number of pyridine rings is 1. The van der Waals surface area contributed by atoms with Crippen molar-refractivity contribution in [2.75, 3.05) is 19.6 Å². The molecule has 1 fully saturated rings. The first-order valence-electron chi connectivity index (χ1n) is 14.5. The van der Waals surface area contributed by atoms with E-state index in [1.807, 2.05) is 22.8 Å². The molecule has 12 nitrogen and oxygen atoms in total. The first-order chi connectivity index (χ1) is 20.5. The largest absolute Gasteiger partial charge is 0.479 e. The van der Waals surface area contributed by atoms with Gasteiger partial charge in [-0.15, -0.1) is 10.2 Å². The second-order valence-electron chi connectivity index (χ2n) is 10.9. The summed E-state index contributed by atoms with van der Waals surface area (Å²) in [6.45, 7) is 2.37. The fraction of sp³-hybridized carbons (Fsp3) is 0.467. The van der Waals surface area contributed by atoms with E-state index in [4.69, 9.17) is 4.74 Å². The Balaban J connectivity index is 1.28. The summed E-state index contributed by atoms with van der Waals surface area (Å²) in [7, 11) is 0. The molecule has 12 heteroatoms. The summed E-state index contributed by atoms with van der Waals surface area (Å²) in [5.41, 5.74) is -1.07. The number of rotatable bonds is 11. The zero-order valence-corrected chi connectivity index (χ0v) is 23.5. The number of hydrogen-bond acceptors (Lipinski definition) is 8. The van der Waals surface area contributed by atoms with Crippen LogP contribution in [0.3, 0.4) is 0 Å². The molecule has 1 unspecified atom stereocenters. The van der Waals surface area contributed by atoms with Gasteiger partial charge in [-0.1, -0.05) is 36.4 Å². The number of nitrogens with zero attached hydrogens (tertiary/aromatic N) is 4. The molecule has 222 valence electrons. The molecule has 4 heterocycles. The summed E-state index contributed by atoms with van der Waals surface area (Å²) in [5, 5.41) is 27.9. The number of piperidine rings is 1. The molecule has 1 saturated heterocycles. The molecular formula is C30H37N7O5. The summed E-state index contributed by atoms with van der Waals surface area (Å²) in [4.78, 5) is 43.2. The molecule has 0 bridgehead atoms. The standard InChI is InChI=1S/C30H37N7O5/c38-27(24-9-5-17-37-25(35-36-26(24)37)11-10-21-12-15-31-16-13-21)33-20-30(28(39)40,23-8-4-14-32-18-23)34-29(41)42-19-22-6-2-1-3-7-22/h1-4,6-8,14,18,21,24,31H,5,9-13,15-17,19-20H2,(H,33,38)(H,34,41)(H,39,40)/t24?,30-/m1/s1. The van der Waals surface area contributed by atoms with Crippen molar-refractivity contribution >= 4 is 18.0 Å². The van der Waals surface area contributed by atoms with Crippen molar-refractivity contribution in [1.82, 2.24) is 35.7 Å². The van der Waals surface area contributed by atoms with Gasteiger partial charge in [0.1, 0.15) is 18.3 Å². The van der Waals surface area contributed by atoms with Gasteiger partial charge in [0.05, 0.1) is 12.5 Å². The van der Waals surface area contributed by atoms with Gasteiger partial charge in [0.15, 0.2) is 5.54 Å². The maximum absolute atomic E-state index is 13.5. The molecule has 5 rings (SSSR count). The fourth-order valence-corrected chi connectivity index (χ4v) is 5.73. The Labute approximate surface area is 244 Å². The summed E-state index contributed by atoms with van der Waals surface area (Å²) >= 11 is 0. The van der Waals surface area contributed by atoms with Gasteiger partial charge in [0.25, 0.3) is 0 Å². The number of aliphatic carboxylic acids is 1. The number of aryl methyl sites for hydroxylation is 1. The number of alkyl carbamates (subject to hydrolysis) is 1. The van der Waals surface area contributed by atoms with Gasteiger partial charge in [-0.2, -0.15) is 0 Å². The van der Waals surface area contributed by atoms with E-state index >= 15 is 0 Å². The van der Waals surface area contributed by atoms with E-state index in [1.54, 1.807) is 18.2 Å². The molecular weight excluding hydrogens is 538 g/mol. The summed E-state index contributed by atoms with van der Waals surface area (Å²) in [6.07, 6.45) is 7.42. The average molecular weight is 576 g/mol. The third-order valence-corrected chi connectivity index (χ3v) is 8.17. The smallest absolute Gasteiger partial charge is 0.408 e. The Bertz CT molecular complexity index is 1360. The molecule has 0 spiro atoms. The van der Waals surface area contributed by atoms with Crippen LogP contribution in [0.4, 0.5) is 4.79 Å². The van der Waals surface area contributed by atoms with Gasteiger partial charge in [-0.05, 0) is 62.7 Å². The fourth-order valence-electron chi connectivity index (χ4n) is 5.73. The second kappa shape index (κ2) is 13.6. The van der Waals surface area contributed by atoms with Crippen LogP contribution in [0.15, 0.2) is 54.9 Å². The molecule has 42 heavy (non-hydrogen) atoms. The van der Waals surface area contributed by atoms with Crippen LogP contribution in [0.2, 0.25) is 0 Å². The lowest BCUT2D eigenvalue weighted by Crippen LogP contribution is -2.58. The molecule has 0 saturated carbocycles. The number of benzene rings is 1. The van der Waals surface area contributed by atoms with E-state index in [2.05, 4.69) is 31.1 Å². The van der Waals surface area contributed by atoms with Crippen LogP contribution in [0.1, 0.15) is 60.8 Å². The summed E-state index contributed by atoms with van der Waals surface area (Å²) in [6, 6.07) is 12.2. The highest BCUT2D eigenvalue weighted by atomic mass is 16.5. The van der Waals surface area contributed by atoms with Crippen LogP contribution in [0, 0.1) is 5.92 Å². The van der Waals surface area contributed by atoms with Crippen molar-refractivity contribution < 1.29 is 24.2 Å². The third-order valence-electron chi connectivity index (χ3n) is 8.17. The Hall–Kier alpha value is -4.32. The SMILES string of the molecule is O=C(N[C@@](CNC(=O)C1CCCn2c(CCC3CCNCC3)nnc21)(C(=O)O)c1cccnc1)OCc1ccccc1. The molecule has 2 aromatic heterocycles. The number of hydrogen-bond donors (Lipinski definition) is 4. The topological polar surface area (TPSA) is 160 Å². The van der Waals surface area contributed by atoms with Crippen LogP contribution >= 0.6 is 0 Å². The van der Waals surface area contributed by atoms with Crippen molar-refractivity contribution in [1.29, 1.82) is 0 Å². The van der Waals surface area contributed by atoms with Gasteiger partial charge in [-0.25, -0.2) is 9.59 Å². The van der Waals surface area contributed by atoms with Crippen molar-refractivity contribution in [3.8, 4) is 0 Å². The number of nitrogens with one attached hydrogen (secondary N) is 3. The molecule has 2 aliphatic heterocycles. The van der Waals surface area contributed by atoms with Crippen molar-refractivity contribution in [2.24, 2.45) is 5.92 Å². The molecule has 2 amide bonds. The molecule has 2 aliphatic rings. The highest BCUT2D eigenvalue weighted by Crippen LogP contribution is 2.29. The van der Waals surface area contributed by atoms with E-state index in [1.165, 1.54) is 18.5 Å². The van der Waals surface area contributed by atoms with Crippen LogP contribution in [-0.4, -0.2) is 62.5 Å². The first kappa shape index (κ1) is 29.2. The zero-order chi connectivity index (χ0) is 29.4. The summed E-state index contributed by atoms with van der Waals surface area (Å²) < 4.78 is 7.36. The number of ether oxygens (including phenoxy) is 1. The van der Waals surface area contributed by atoms with Crippen LogP contribution < -0.4 is 16.0 Å². The minimum Gasteiger partial charge on any atom is -0.479 e. The second-order valence-corrected chi connectivity index (χ2v) is 10.9. The van der Waals surface area contributed by atoms with Gasteiger partial charge in [0.2, 0.25) is 5.91 Å². The number of carboxylic acids is 1. The average Bonchev–Trinajstić information content (AvgIpc) is 3.45. The van der Waals surface area contributed by atoms with E-state index in [0.717, 1.165) is 63.1 Å². The zero-order valence-electron chi connectivity index (χ0n) is 23.5. The Morgan fingerprint density at radius 3 is 2.62 bits per heavy atom. The highest BCUT2D eigenvalue weighted by Gasteiger charge is 2.44. The van der Waals surface area contributed by atoms with Gasteiger partial charge in [-0.3, -0.25) is 15.1 Å². The molecule has 4 N–H and O–H groups in total. The lowest BCUT2D eigenvalue weighted by molar-refractivity contribution is -0.145. The Morgan fingerprint density at radius 1 is 1.07 bits per heavy atom. The highest BCUT2D eigenvalue weighted by molar-refractivity contribution is 5.88. The van der Waals surface area contributed by atoms with Crippen molar-refractivity contribution in [2.45, 2.75) is 63.1 Å². The maximum atomic E-state index is 13.5. The van der Waals surface area contributed by atoms with Crippen LogP contribution in [0.5, 0.6) is 0 Å². The lowest BCUT2D eigenvalue weighted by Gasteiger charge is -2.31. The Kier molecular flexibility index (Phi) is 9.42. The number of carbonyl (C=O) groups is 3. The summed E-state index contributed by atoms with van der Waals surface area (Å²) in [5.74, 6) is -0.174. The van der Waals surface area contributed by atoms with Gasteiger partial charge >= 0.3 is 12.1 Å². The number of amides is 2. The minimum absolute atomic E-state index is 0.0422. The predicted molar refractivity (Wildman–Crippen MR) is 152 cm³/mol. The van der Waals surface area contributed by atoms with Gasteiger partial charge < -0.3 is 25.0 Å². The van der Waals surface area contributed by atoms with E-state index in [0.29, 0.717) is 18.2 Å². The van der Waals surface area contributed by atoms with Crippen molar-refractivity contribution in [3.63, 3.8) is 0 Å². The molecule has 0 aliphatic carbocycles. The van der Waals surface area contributed by atoms with Gasteiger partial charge in [0, 0.05) is 30.9 Å². The number of carbonyl (C=O) groups excluding carboxylic acids is 2. The maximum Gasteiger partial charge on any atom is 0.408 e.